The average molecular weight is 1050 g/mol. The van der Waals surface area contributed by atoms with Crippen molar-refractivity contribution in [2.24, 2.45) is 11.8 Å². The smallest absolute Gasteiger partial charge is 0.326 e. The zero-order valence-electron chi connectivity index (χ0n) is 42.1. The Balaban J connectivity index is 1.33. The molecular formula is C50H71N9O14S. The first-order valence-electron chi connectivity index (χ1n) is 24.7. The third kappa shape index (κ3) is 21.9. The molecule has 6 amide bonds. The van der Waals surface area contributed by atoms with Crippen molar-refractivity contribution in [1.29, 1.82) is 0 Å². The first-order valence-corrected chi connectivity index (χ1v) is 26.1. The predicted octanol–water partition coefficient (Wildman–Crippen LogP) is 0.974. The normalized spacial score (nSPS) is 17.8. The minimum Gasteiger partial charge on any atom is -0.480 e. The van der Waals surface area contributed by atoms with Crippen LogP contribution >= 0.6 is 11.8 Å². The van der Waals surface area contributed by atoms with E-state index in [1.165, 1.54) is 16.7 Å². The van der Waals surface area contributed by atoms with Crippen molar-refractivity contribution in [2.75, 3.05) is 102 Å². The summed E-state index contributed by atoms with van der Waals surface area (Å²) >= 11 is 1.46. The summed E-state index contributed by atoms with van der Waals surface area (Å²) < 4.78 is 0. The van der Waals surface area contributed by atoms with Crippen LogP contribution in [0.5, 0.6) is 0 Å². The zero-order chi connectivity index (χ0) is 54.2. The van der Waals surface area contributed by atoms with Crippen molar-refractivity contribution >= 4 is 76.8 Å². The number of carboxylic acids is 4. The number of carboxylic acid groups (broad SMARTS) is 4. The Labute approximate surface area is 434 Å². The van der Waals surface area contributed by atoms with Gasteiger partial charge in [-0.3, -0.25) is 62.9 Å². The van der Waals surface area contributed by atoms with Crippen LogP contribution in [-0.2, 0) is 56.1 Å². The molecule has 0 bridgehead atoms. The number of likely N-dealkylation sites (tertiary alicyclic amines) is 1. The largest absolute Gasteiger partial charge is 0.480 e. The summed E-state index contributed by atoms with van der Waals surface area (Å²) in [5, 5.41) is 49.4. The van der Waals surface area contributed by atoms with Gasteiger partial charge >= 0.3 is 29.9 Å². The average Bonchev–Trinajstić information content (AvgIpc) is 3.59. The van der Waals surface area contributed by atoms with Gasteiger partial charge in [0.1, 0.15) is 6.04 Å². The van der Waals surface area contributed by atoms with E-state index in [0.717, 1.165) is 5.56 Å². The number of nitrogens with zero attached hydrogens (tertiary/aromatic N) is 5. The summed E-state index contributed by atoms with van der Waals surface area (Å²) in [6.07, 6.45) is 2.74. The molecule has 0 radical (unpaired) electrons. The number of thioether (sulfide) groups is 1. The molecule has 24 heteroatoms. The molecule has 8 N–H and O–H groups in total. The lowest BCUT2D eigenvalue weighted by atomic mass is 9.90. The van der Waals surface area contributed by atoms with E-state index in [-0.39, 0.29) is 141 Å². The molecule has 2 aromatic carbocycles. The molecule has 23 nitrogen and oxygen atoms in total. The molecule has 2 heterocycles. The van der Waals surface area contributed by atoms with E-state index in [1.807, 2.05) is 11.2 Å². The fraction of sp³-hybridized carbons (Fsp3) is 0.560. The second kappa shape index (κ2) is 31.3. The highest BCUT2D eigenvalue weighted by Crippen LogP contribution is 2.21. The highest BCUT2D eigenvalue weighted by Gasteiger charge is 2.35. The van der Waals surface area contributed by atoms with Gasteiger partial charge in [0, 0.05) is 95.8 Å². The third-order valence-corrected chi connectivity index (χ3v) is 13.4. The molecule has 0 aliphatic carbocycles. The summed E-state index contributed by atoms with van der Waals surface area (Å²) in [4.78, 5) is 134. The number of carbonyl (C=O) groups is 10. The van der Waals surface area contributed by atoms with Crippen molar-refractivity contribution in [2.45, 2.75) is 70.5 Å². The molecule has 0 spiro atoms. The second-order valence-electron chi connectivity index (χ2n) is 18.6. The number of hydrogen-bond acceptors (Lipinski definition) is 15. The van der Waals surface area contributed by atoms with Crippen molar-refractivity contribution in [1.82, 2.24) is 40.4 Å². The van der Waals surface area contributed by atoms with Gasteiger partial charge in [-0.05, 0) is 67.4 Å². The number of benzene rings is 2. The maximum atomic E-state index is 14.0. The van der Waals surface area contributed by atoms with E-state index in [9.17, 15) is 68.4 Å². The van der Waals surface area contributed by atoms with Gasteiger partial charge in [0.25, 0.3) is 0 Å². The van der Waals surface area contributed by atoms with Crippen LogP contribution < -0.4 is 21.3 Å². The number of carbonyl (C=O) groups excluding carboxylic acids is 6. The molecule has 2 aromatic rings. The Kier molecular flexibility index (Phi) is 25.4. The fourth-order valence-corrected chi connectivity index (χ4v) is 9.09. The predicted molar refractivity (Wildman–Crippen MR) is 273 cm³/mol. The van der Waals surface area contributed by atoms with Crippen LogP contribution in [0.25, 0.3) is 0 Å². The van der Waals surface area contributed by atoms with Crippen LogP contribution in [0.2, 0.25) is 0 Å². The second-order valence-corrected chi connectivity index (χ2v) is 19.6. The van der Waals surface area contributed by atoms with Gasteiger partial charge in [0.2, 0.25) is 23.6 Å². The maximum Gasteiger partial charge on any atom is 0.326 e. The molecular weight excluding hydrogens is 983 g/mol. The molecule has 4 atom stereocenters. The van der Waals surface area contributed by atoms with Gasteiger partial charge in [-0.1, -0.05) is 49.4 Å². The monoisotopic (exact) mass is 1050 g/mol. The Bertz CT molecular complexity index is 2210. The van der Waals surface area contributed by atoms with Gasteiger partial charge in [-0.2, -0.15) is 11.8 Å². The van der Waals surface area contributed by atoms with E-state index in [2.05, 4.69) is 21.3 Å². The van der Waals surface area contributed by atoms with E-state index in [4.69, 9.17) is 0 Å². The molecule has 0 saturated carbocycles. The van der Waals surface area contributed by atoms with E-state index >= 15 is 0 Å². The summed E-state index contributed by atoms with van der Waals surface area (Å²) in [6, 6.07) is 12.6. The van der Waals surface area contributed by atoms with Crippen LogP contribution in [0, 0.1) is 11.8 Å². The molecule has 74 heavy (non-hydrogen) atoms. The Morgan fingerprint density at radius 3 is 1.69 bits per heavy atom. The number of amides is 6. The highest BCUT2D eigenvalue weighted by atomic mass is 32.2. The van der Waals surface area contributed by atoms with E-state index in [1.54, 1.807) is 76.2 Å². The van der Waals surface area contributed by atoms with Gasteiger partial charge < -0.3 is 41.7 Å². The lowest BCUT2D eigenvalue weighted by molar-refractivity contribution is -0.143. The quantitative estimate of drug-likeness (QED) is 0.0435. The first-order chi connectivity index (χ1) is 35.3. The lowest BCUT2D eigenvalue weighted by Gasteiger charge is -2.32. The number of ketones is 1. The zero-order valence-corrected chi connectivity index (χ0v) is 42.9. The van der Waals surface area contributed by atoms with Crippen LogP contribution in [-0.4, -0.2) is 213 Å². The SMILES string of the molecule is CSCC[C@H](NC(=O)Nc1ccc(CNC(=O)CN2CCN(CC(=O)O)CCN(CC(=O)O)CCN(CC(=O)O)CC2)cc1)C(=O)C[C@@H](Cc1ccccc1)C(=O)N[C@@H](CCCCN1C(=O)CC(C)C1=O)C(=O)O. The molecule has 0 aromatic heterocycles. The molecule has 2 saturated heterocycles. The summed E-state index contributed by atoms with van der Waals surface area (Å²) in [7, 11) is 0. The third-order valence-electron chi connectivity index (χ3n) is 12.7. The molecule has 2 fully saturated rings. The number of urea groups is 1. The summed E-state index contributed by atoms with van der Waals surface area (Å²) in [5.41, 5.74) is 1.81. The number of imide groups is 1. The lowest BCUT2D eigenvalue weighted by Crippen LogP contribution is -2.49. The van der Waals surface area contributed by atoms with Crippen LogP contribution in [0.4, 0.5) is 10.5 Å². The Hall–Kier alpha value is -6.47. The van der Waals surface area contributed by atoms with Crippen LogP contribution in [0.3, 0.4) is 0 Å². The Morgan fingerprint density at radius 1 is 0.662 bits per heavy atom. The number of rotatable bonds is 28. The van der Waals surface area contributed by atoms with Crippen molar-refractivity contribution in [3.05, 3.63) is 65.7 Å². The molecule has 1 unspecified atom stereocenters. The van der Waals surface area contributed by atoms with Crippen LogP contribution in [0.15, 0.2) is 54.6 Å². The molecule has 406 valence electrons. The number of aliphatic carboxylic acids is 4. The number of anilines is 1. The standard InChI is InChI=1S/C50H71N9O14S/c1-34-26-43(62)59(48(34)70)16-7-6-10-40(49(71)72)53-47(69)37(27-35-8-4-3-5-9-35)28-41(60)39(15-25-74-2)54-50(73)52-38-13-11-36(12-14-38)29-51-42(61)30-55-17-19-56(31-44(63)64)21-23-58(33-46(67)68)24-22-57(20-18-55)32-45(65)66/h3-5,8-9,11-14,34,37,39-40H,6-7,10,15-33H2,1-2H3,(H,51,61)(H,53,69)(H,63,64)(H,65,66)(H,67,68)(H,71,72)(H2,52,54,73)/t34?,37-,39+,40+/m1/s1. The first kappa shape index (κ1) is 60.1. The van der Waals surface area contributed by atoms with Gasteiger partial charge in [-0.25, -0.2) is 9.59 Å². The minimum atomic E-state index is -1.29. The van der Waals surface area contributed by atoms with Crippen molar-refractivity contribution in [3.63, 3.8) is 0 Å². The minimum absolute atomic E-state index is 0.0298. The molecule has 4 rings (SSSR count). The van der Waals surface area contributed by atoms with Gasteiger partial charge in [0.15, 0.2) is 5.78 Å². The van der Waals surface area contributed by atoms with Gasteiger partial charge in [0.05, 0.1) is 32.2 Å². The van der Waals surface area contributed by atoms with E-state index < -0.39 is 65.5 Å². The van der Waals surface area contributed by atoms with E-state index in [0.29, 0.717) is 29.8 Å². The number of nitrogens with one attached hydrogen (secondary N) is 4. The maximum absolute atomic E-state index is 14.0. The number of Topliss-reactive ketones (excluding diaryl/α,β-unsaturated/α-hetero) is 1. The Morgan fingerprint density at radius 2 is 1.20 bits per heavy atom. The van der Waals surface area contributed by atoms with Gasteiger partial charge in [-0.15, -0.1) is 0 Å². The highest BCUT2D eigenvalue weighted by molar-refractivity contribution is 7.98. The molecule has 2 aliphatic heterocycles. The summed E-state index contributed by atoms with van der Waals surface area (Å²) in [6.45, 7) is 3.07. The van der Waals surface area contributed by atoms with Crippen LogP contribution in [0.1, 0.15) is 56.6 Å². The molecule has 2 aliphatic rings. The summed E-state index contributed by atoms with van der Waals surface area (Å²) in [5.74, 6) is -7.26. The van der Waals surface area contributed by atoms with Crippen molar-refractivity contribution in [3.8, 4) is 0 Å². The van der Waals surface area contributed by atoms with Crippen molar-refractivity contribution < 1.29 is 68.4 Å². The number of hydrogen-bond donors (Lipinski definition) is 8. The topological polar surface area (TPSA) is 316 Å². The fourth-order valence-electron chi connectivity index (χ4n) is 8.62. The number of unbranched alkanes of at least 4 members (excludes halogenated alkanes) is 1.